The summed E-state index contributed by atoms with van der Waals surface area (Å²) in [5.41, 5.74) is 2.36. The van der Waals surface area contributed by atoms with Crippen molar-refractivity contribution >= 4 is 27.5 Å². The van der Waals surface area contributed by atoms with Crippen LogP contribution in [-0.4, -0.2) is 33.1 Å². The van der Waals surface area contributed by atoms with Crippen LogP contribution in [0.1, 0.15) is 25.8 Å². The average molecular weight is 356 g/mol. The number of hydrogen-bond donors (Lipinski definition) is 2. The van der Waals surface area contributed by atoms with Gasteiger partial charge in [-0.15, -0.1) is 0 Å². The first kappa shape index (κ1) is 18.0. The summed E-state index contributed by atoms with van der Waals surface area (Å²) >= 11 is 3.63. The molecule has 0 fully saturated rings. The number of benzene rings is 1. The van der Waals surface area contributed by atoms with Gasteiger partial charge in [0.15, 0.2) is 0 Å². The molecule has 118 valence electrons. The van der Waals surface area contributed by atoms with Gasteiger partial charge in [0.05, 0.1) is 5.92 Å². The van der Waals surface area contributed by atoms with Gasteiger partial charge in [0.1, 0.15) is 0 Å². The zero-order valence-corrected chi connectivity index (χ0v) is 15.0. The van der Waals surface area contributed by atoms with E-state index in [9.17, 15) is 4.79 Å². The van der Waals surface area contributed by atoms with Crippen LogP contribution in [0.2, 0.25) is 0 Å². The quantitative estimate of drug-likeness (QED) is 0.704. The lowest BCUT2D eigenvalue weighted by atomic mass is 10.1. The zero-order chi connectivity index (χ0) is 15.8. The van der Waals surface area contributed by atoms with Crippen LogP contribution in [0.15, 0.2) is 22.7 Å². The van der Waals surface area contributed by atoms with Gasteiger partial charge in [-0.3, -0.25) is 4.79 Å². The molecule has 0 spiro atoms. The summed E-state index contributed by atoms with van der Waals surface area (Å²) < 4.78 is 1.10. The molecule has 5 heteroatoms. The van der Waals surface area contributed by atoms with Crippen LogP contribution in [0.3, 0.4) is 0 Å². The Kier molecular flexibility index (Phi) is 7.75. The van der Waals surface area contributed by atoms with Crippen molar-refractivity contribution in [2.45, 2.75) is 26.8 Å². The molecule has 4 nitrogen and oxygen atoms in total. The van der Waals surface area contributed by atoms with Crippen LogP contribution in [0.4, 0.5) is 5.69 Å². The highest BCUT2D eigenvalue weighted by Crippen LogP contribution is 2.24. The Morgan fingerprint density at radius 3 is 2.71 bits per heavy atom. The minimum Gasteiger partial charge on any atom is -0.374 e. The van der Waals surface area contributed by atoms with Crippen LogP contribution < -0.4 is 15.5 Å². The van der Waals surface area contributed by atoms with E-state index >= 15 is 0 Å². The summed E-state index contributed by atoms with van der Waals surface area (Å²) in [6.45, 7) is 6.69. The number of carbonyl (C=O) groups excluding carboxylic acids is 1. The second-order valence-electron chi connectivity index (χ2n) is 5.35. The number of hydrogen-bond acceptors (Lipinski definition) is 3. The highest BCUT2D eigenvalue weighted by Gasteiger charge is 2.14. The molecule has 0 aliphatic rings. The molecule has 1 unspecified atom stereocenters. The van der Waals surface area contributed by atoms with Crippen molar-refractivity contribution in [3.8, 4) is 0 Å². The number of nitrogens with zero attached hydrogens (tertiary/aromatic N) is 1. The molecule has 0 bridgehead atoms. The highest BCUT2D eigenvalue weighted by atomic mass is 79.9. The molecule has 1 rings (SSSR count). The lowest BCUT2D eigenvalue weighted by Crippen LogP contribution is -2.34. The number of carbonyl (C=O) groups is 1. The SMILES string of the molecule is CCCNCc1ccc(N(C)CC(C)C(=O)NC)cc1Br. The summed E-state index contributed by atoms with van der Waals surface area (Å²) in [4.78, 5) is 13.7. The minimum atomic E-state index is -0.0373. The predicted octanol–water partition coefficient (Wildman–Crippen LogP) is 2.77. The smallest absolute Gasteiger partial charge is 0.224 e. The van der Waals surface area contributed by atoms with Crippen molar-refractivity contribution in [3.05, 3.63) is 28.2 Å². The first-order valence-electron chi connectivity index (χ1n) is 7.41. The standard InChI is InChI=1S/C16H26BrN3O/c1-5-8-19-10-13-6-7-14(9-15(13)17)20(4)11-12(2)16(21)18-3/h6-7,9,12,19H,5,8,10-11H2,1-4H3,(H,18,21). The zero-order valence-electron chi connectivity index (χ0n) is 13.4. The summed E-state index contributed by atoms with van der Waals surface area (Å²) in [5, 5.41) is 6.09. The van der Waals surface area contributed by atoms with E-state index in [2.05, 4.69) is 56.6 Å². The fraction of sp³-hybridized carbons (Fsp3) is 0.562. The van der Waals surface area contributed by atoms with Crippen LogP contribution in [-0.2, 0) is 11.3 Å². The van der Waals surface area contributed by atoms with Gasteiger partial charge in [-0.05, 0) is 30.7 Å². The number of halogens is 1. The van der Waals surface area contributed by atoms with E-state index in [0.29, 0.717) is 6.54 Å². The lowest BCUT2D eigenvalue weighted by Gasteiger charge is -2.23. The summed E-state index contributed by atoms with van der Waals surface area (Å²) in [6, 6.07) is 6.34. The van der Waals surface area contributed by atoms with Crippen molar-refractivity contribution in [1.29, 1.82) is 0 Å². The molecule has 0 aliphatic carbocycles. The van der Waals surface area contributed by atoms with Gasteiger partial charge in [0.25, 0.3) is 0 Å². The van der Waals surface area contributed by atoms with E-state index in [-0.39, 0.29) is 11.8 Å². The third-order valence-corrected chi connectivity index (χ3v) is 4.20. The number of amides is 1. The maximum atomic E-state index is 11.6. The Morgan fingerprint density at radius 1 is 1.43 bits per heavy atom. The molecule has 0 aliphatic heterocycles. The van der Waals surface area contributed by atoms with Crippen molar-refractivity contribution in [2.75, 3.05) is 32.1 Å². The van der Waals surface area contributed by atoms with E-state index in [1.807, 2.05) is 14.0 Å². The Labute approximate surface area is 136 Å². The van der Waals surface area contributed by atoms with E-state index < -0.39 is 0 Å². The van der Waals surface area contributed by atoms with E-state index in [0.717, 1.165) is 29.7 Å². The molecular weight excluding hydrogens is 330 g/mol. The summed E-state index contributed by atoms with van der Waals surface area (Å²) in [5.74, 6) is 0.0333. The summed E-state index contributed by atoms with van der Waals surface area (Å²) in [7, 11) is 3.68. The Bertz CT molecular complexity index is 465. The van der Waals surface area contributed by atoms with Gasteiger partial charge in [0, 0.05) is 37.3 Å². The predicted molar refractivity (Wildman–Crippen MR) is 92.6 cm³/mol. The van der Waals surface area contributed by atoms with Crippen LogP contribution in [0, 0.1) is 5.92 Å². The van der Waals surface area contributed by atoms with Crippen molar-refractivity contribution in [1.82, 2.24) is 10.6 Å². The van der Waals surface area contributed by atoms with Crippen molar-refractivity contribution in [3.63, 3.8) is 0 Å². The van der Waals surface area contributed by atoms with Gasteiger partial charge in [-0.2, -0.15) is 0 Å². The third-order valence-electron chi connectivity index (χ3n) is 3.46. The van der Waals surface area contributed by atoms with Crippen LogP contribution >= 0.6 is 15.9 Å². The van der Waals surface area contributed by atoms with Gasteiger partial charge in [-0.25, -0.2) is 0 Å². The third kappa shape index (κ3) is 5.67. The number of nitrogens with one attached hydrogen (secondary N) is 2. The van der Waals surface area contributed by atoms with Gasteiger partial charge in [0.2, 0.25) is 5.91 Å². The van der Waals surface area contributed by atoms with Crippen LogP contribution in [0.25, 0.3) is 0 Å². The van der Waals surface area contributed by atoms with Crippen LogP contribution in [0.5, 0.6) is 0 Å². The molecule has 0 radical (unpaired) electrons. The molecule has 1 aromatic carbocycles. The molecule has 0 saturated carbocycles. The molecule has 1 atom stereocenters. The topological polar surface area (TPSA) is 44.4 Å². The monoisotopic (exact) mass is 355 g/mol. The lowest BCUT2D eigenvalue weighted by molar-refractivity contribution is -0.123. The Balaban J connectivity index is 2.67. The van der Waals surface area contributed by atoms with Gasteiger partial charge < -0.3 is 15.5 Å². The van der Waals surface area contributed by atoms with Gasteiger partial charge in [-0.1, -0.05) is 35.8 Å². The molecule has 21 heavy (non-hydrogen) atoms. The van der Waals surface area contributed by atoms with E-state index in [1.165, 1.54) is 5.56 Å². The largest absolute Gasteiger partial charge is 0.374 e. The maximum Gasteiger partial charge on any atom is 0.224 e. The highest BCUT2D eigenvalue weighted by molar-refractivity contribution is 9.10. The second-order valence-corrected chi connectivity index (χ2v) is 6.20. The second kappa shape index (κ2) is 9.05. The Morgan fingerprint density at radius 2 is 2.14 bits per heavy atom. The van der Waals surface area contributed by atoms with Crippen molar-refractivity contribution in [2.24, 2.45) is 5.92 Å². The number of rotatable bonds is 8. The van der Waals surface area contributed by atoms with E-state index in [1.54, 1.807) is 7.05 Å². The number of anilines is 1. The Hall–Kier alpha value is -1.07. The van der Waals surface area contributed by atoms with E-state index in [4.69, 9.17) is 0 Å². The molecule has 1 amide bonds. The average Bonchev–Trinajstić information content (AvgIpc) is 2.47. The normalized spacial score (nSPS) is 12.0. The fourth-order valence-corrected chi connectivity index (χ4v) is 2.67. The first-order valence-corrected chi connectivity index (χ1v) is 8.20. The molecule has 2 N–H and O–H groups in total. The fourth-order valence-electron chi connectivity index (χ4n) is 2.16. The molecule has 1 aromatic rings. The first-order chi connectivity index (χ1) is 9.99. The van der Waals surface area contributed by atoms with Gasteiger partial charge >= 0.3 is 0 Å². The molecule has 0 heterocycles. The minimum absolute atomic E-state index is 0.0373. The molecule has 0 saturated heterocycles. The van der Waals surface area contributed by atoms with Crippen molar-refractivity contribution < 1.29 is 4.79 Å². The summed E-state index contributed by atoms with van der Waals surface area (Å²) in [6.07, 6.45) is 1.13. The maximum absolute atomic E-state index is 11.6. The molecular formula is C16H26BrN3O. The molecule has 0 aromatic heterocycles.